The summed E-state index contributed by atoms with van der Waals surface area (Å²) in [5.74, 6) is -0.0850. The van der Waals surface area contributed by atoms with Gasteiger partial charge in [-0.05, 0) is 42.7 Å². The van der Waals surface area contributed by atoms with Crippen LogP contribution in [0.5, 0.6) is 0 Å². The summed E-state index contributed by atoms with van der Waals surface area (Å²) >= 11 is 0. The predicted molar refractivity (Wildman–Crippen MR) is 107 cm³/mol. The minimum atomic E-state index is -3.31. The Labute approximate surface area is 159 Å². The van der Waals surface area contributed by atoms with E-state index in [1.54, 1.807) is 19.1 Å². The van der Waals surface area contributed by atoms with Gasteiger partial charge in [-0.1, -0.05) is 36.4 Å². The van der Waals surface area contributed by atoms with Gasteiger partial charge in [0, 0.05) is 19.0 Å². The maximum Gasteiger partial charge on any atom is 0.240 e. The smallest absolute Gasteiger partial charge is 0.240 e. The Bertz CT molecular complexity index is 982. The van der Waals surface area contributed by atoms with Crippen LogP contribution >= 0.6 is 0 Å². The molecule has 2 aromatic carbocycles. The Morgan fingerprint density at radius 3 is 2.44 bits per heavy atom. The van der Waals surface area contributed by atoms with Gasteiger partial charge in [-0.25, -0.2) is 13.4 Å². The van der Waals surface area contributed by atoms with Crippen molar-refractivity contribution in [3.05, 3.63) is 65.2 Å². The van der Waals surface area contributed by atoms with Crippen LogP contribution in [0.25, 0.3) is 0 Å². The molecule has 1 heterocycles. The second kappa shape index (κ2) is 7.52. The van der Waals surface area contributed by atoms with Gasteiger partial charge >= 0.3 is 0 Å². The topological polar surface area (TPSA) is 78.8 Å². The molecule has 2 aromatic rings. The third-order valence-electron chi connectivity index (χ3n) is 4.65. The molecule has 27 heavy (non-hydrogen) atoms. The van der Waals surface area contributed by atoms with E-state index in [1.807, 2.05) is 43.3 Å². The standard InChI is InChI=1S/C20H23N3O3S/c1-4-27(25,26)22-17-11-9-16(10-12-17)19-13-20(23(21-19)15(3)24)18-8-6-5-7-14(18)2/h5-12,20,22H,4,13H2,1-3H3/t20-/m1/s1. The normalized spacial score (nSPS) is 16.9. The van der Waals surface area contributed by atoms with E-state index in [2.05, 4.69) is 9.82 Å². The summed E-state index contributed by atoms with van der Waals surface area (Å²) < 4.78 is 25.9. The maximum atomic E-state index is 12.1. The molecule has 1 N–H and O–H groups in total. The lowest BCUT2D eigenvalue weighted by atomic mass is 9.95. The van der Waals surface area contributed by atoms with Gasteiger partial charge in [0.05, 0.1) is 17.5 Å². The van der Waals surface area contributed by atoms with Gasteiger partial charge in [0.25, 0.3) is 0 Å². The number of hydrogen-bond donors (Lipinski definition) is 1. The first-order chi connectivity index (χ1) is 12.8. The number of sulfonamides is 1. The monoisotopic (exact) mass is 385 g/mol. The van der Waals surface area contributed by atoms with E-state index in [4.69, 9.17) is 0 Å². The molecule has 0 saturated carbocycles. The van der Waals surface area contributed by atoms with E-state index in [1.165, 1.54) is 11.9 Å². The van der Waals surface area contributed by atoms with Crippen molar-refractivity contribution >= 4 is 27.3 Å². The largest absolute Gasteiger partial charge is 0.284 e. The molecule has 1 amide bonds. The van der Waals surface area contributed by atoms with Crippen molar-refractivity contribution in [2.45, 2.75) is 33.2 Å². The van der Waals surface area contributed by atoms with Crippen molar-refractivity contribution in [2.75, 3.05) is 10.5 Å². The molecule has 0 aromatic heterocycles. The van der Waals surface area contributed by atoms with Gasteiger partial charge in [-0.15, -0.1) is 0 Å². The molecule has 1 aliphatic heterocycles. The van der Waals surface area contributed by atoms with Crippen LogP contribution in [-0.2, 0) is 14.8 Å². The highest BCUT2D eigenvalue weighted by atomic mass is 32.2. The Balaban J connectivity index is 1.86. The van der Waals surface area contributed by atoms with Crippen molar-refractivity contribution in [3.63, 3.8) is 0 Å². The summed E-state index contributed by atoms with van der Waals surface area (Å²) in [5, 5.41) is 6.07. The highest BCUT2D eigenvalue weighted by Gasteiger charge is 2.32. The van der Waals surface area contributed by atoms with Crippen LogP contribution in [0.2, 0.25) is 0 Å². The number of aryl methyl sites for hydroxylation is 1. The number of benzene rings is 2. The van der Waals surface area contributed by atoms with Gasteiger partial charge in [0.2, 0.25) is 15.9 Å². The van der Waals surface area contributed by atoms with E-state index in [9.17, 15) is 13.2 Å². The first kappa shape index (κ1) is 19.1. The summed E-state index contributed by atoms with van der Waals surface area (Å²) in [4.78, 5) is 12.1. The zero-order chi connectivity index (χ0) is 19.6. The molecule has 0 aliphatic carbocycles. The number of nitrogens with zero attached hydrogens (tertiary/aromatic N) is 2. The molecule has 0 spiro atoms. The van der Waals surface area contributed by atoms with Crippen LogP contribution in [0.1, 0.15) is 43.0 Å². The average Bonchev–Trinajstić information content (AvgIpc) is 3.08. The zero-order valence-electron chi connectivity index (χ0n) is 15.6. The summed E-state index contributed by atoms with van der Waals surface area (Å²) in [6, 6.07) is 14.9. The Kier molecular flexibility index (Phi) is 5.32. The van der Waals surface area contributed by atoms with Crippen molar-refractivity contribution in [3.8, 4) is 0 Å². The van der Waals surface area contributed by atoms with Crippen LogP contribution in [0.3, 0.4) is 0 Å². The highest BCUT2D eigenvalue weighted by molar-refractivity contribution is 7.92. The van der Waals surface area contributed by atoms with E-state index in [0.29, 0.717) is 12.1 Å². The van der Waals surface area contributed by atoms with Gasteiger partial charge in [-0.3, -0.25) is 9.52 Å². The Morgan fingerprint density at radius 1 is 1.19 bits per heavy atom. The lowest BCUT2D eigenvalue weighted by Crippen LogP contribution is -2.24. The second-order valence-corrected chi connectivity index (χ2v) is 8.58. The molecule has 0 saturated heterocycles. The lowest BCUT2D eigenvalue weighted by molar-refractivity contribution is -0.130. The third kappa shape index (κ3) is 4.19. The molecule has 3 rings (SSSR count). The minimum Gasteiger partial charge on any atom is -0.284 e. The van der Waals surface area contributed by atoms with Crippen molar-refractivity contribution in [2.24, 2.45) is 5.10 Å². The third-order valence-corrected chi connectivity index (χ3v) is 5.96. The number of carbonyl (C=O) groups excluding carboxylic acids is 1. The number of hydrogen-bond acceptors (Lipinski definition) is 4. The van der Waals surface area contributed by atoms with E-state index in [-0.39, 0.29) is 17.7 Å². The van der Waals surface area contributed by atoms with Crippen molar-refractivity contribution < 1.29 is 13.2 Å². The molecular formula is C20H23N3O3S. The number of amides is 1. The van der Waals surface area contributed by atoms with Crippen LogP contribution in [0.4, 0.5) is 5.69 Å². The molecule has 142 valence electrons. The second-order valence-electron chi connectivity index (χ2n) is 6.57. The van der Waals surface area contributed by atoms with E-state index >= 15 is 0 Å². The summed E-state index contributed by atoms with van der Waals surface area (Å²) in [7, 11) is -3.31. The minimum absolute atomic E-state index is 0.0210. The van der Waals surface area contributed by atoms with E-state index in [0.717, 1.165) is 22.4 Å². The first-order valence-corrected chi connectivity index (χ1v) is 10.5. The van der Waals surface area contributed by atoms with Gasteiger partial charge in [0.1, 0.15) is 0 Å². The fraction of sp³-hybridized carbons (Fsp3) is 0.300. The van der Waals surface area contributed by atoms with Gasteiger partial charge in [0.15, 0.2) is 0 Å². The number of anilines is 1. The predicted octanol–water partition coefficient (Wildman–Crippen LogP) is 3.45. The fourth-order valence-corrected chi connectivity index (χ4v) is 3.80. The summed E-state index contributed by atoms with van der Waals surface area (Å²) in [5.41, 5.74) is 4.39. The number of nitrogens with one attached hydrogen (secondary N) is 1. The van der Waals surface area contributed by atoms with Crippen LogP contribution < -0.4 is 4.72 Å². The fourth-order valence-electron chi connectivity index (χ4n) is 3.16. The molecule has 7 heteroatoms. The molecule has 1 aliphatic rings. The molecule has 6 nitrogen and oxygen atoms in total. The zero-order valence-corrected chi connectivity index (χ0v) is 16.5. The summed E-state index contributed by atoms with van der Waals surface area (Å²) in [6.45, 7) is 5.13. The van der Waals surface area contributed by atoms with Gasteiger partial charge < -0.3 is 0 Å². The molecule has 0 radical (unpaired) electrons. The molecular weight excluding hydrogens is 362 g/mol. The van der Waals surface area contributed by atoms with Crippen LogP contribution in [0, 0.1) is 6.92 Å². The SMILES string of the molecule is CCS(=O)(=O)Nc1ccc(C2=NN(C(C)=O)[C@@H](c3ccccc3C)C2)cc1. The van der Waals surface area contributed by atoms with Crippen molar-refractivity contribution in [1.29, 1.82) is 0 Å². The number of hydrazone groups is 1. The molecule has 0 fully saturated rings. The quantitative estimate of drug-likeness (QED) is 0.856. The molecule has 0 unspecified atom stereocenters. The Hall–Kier alpha value is -2.67. The first-order valence-electron chi connectivity index (χ1n) is 8.84. The Morgan fingerprint density at radius 2 is 1.85 bits per heavy atom. The number of rotatable bonds is 5. The van der Waals surface area contributed by atoms with E-state index < -0.39 is 10.0 Å². The number of carbonyl (C=O) groups is 1. The van der Waals surface area contributed by atoms with Crippen molar-refractivity contribution in [1.82, 2.24) is 5.01 Å². The molecule has 0 bridgehead atoms. The average molecular weight is 385 g/mol. The maximum absolute atomic E-state index is 12.1. The highest BCUT2D eigenvalue weighted by Crippen LogP contribution is 2.34. The van der Waals surface area contributed by atoms with Gasteiger partial charge in [-0.2, -0.15) is 5.10 Å². The van der Waals surface area contributed by atoms with Crippen LogP contribution in [-0.4, -0.2) is 30.8 Å². The van der Waals surface area contributed by atoms with Crippen LogP contribution in [0.15, 0.2) is 53.6 Å². The lowest BCUT2D eigenvalue weighted by Gasteiger charge is -2.22. The molecule has 1 atom stereocenters. The summed E-state index contributed by atoms with van der Waals surface area (Å²) in [6.07, 6.45) is 0.616.